The number of carbonyl (C=O) groups is 1. The number of rotatable bonds is 1. The zero-order valence-corrected chi connectivity index (χ0v) is 5.32. The zero-order chi connectivity index (χ0) is 8.20. The molecule has 0 aliphatic rings. The first-order valence-electron chi connectivity index (χ1n) is 2.62. The van der Waals surface area contributed by atoms with E-state index in [9.17, 15) is 13.6 Å². The highest BCUT2D eigenvalue weighted by atomic mass is 19.3. The van der Waals surface area contributed by atoms with Gasteiger partial charge in [-0.05, 0) is 5.92 Å². The Labute approximate surface area is 56.9 Å². The summed E-state index contributed by atoms with van der Waals surface area (Å²) in [6.45, 7) is 1.23. The second-order valence-corrected chi connectivity index (χ2v) is 1.61. The van der Waals surface area contributed by atoms with Gasteiger partial charge in [-0.1, -0.05) is 6.92 Å². The molecule has 0 rings (SSSR count). The fourth-order valence-electron chi connectivity index (χ4n) is 0.233. The summed E-state index contributed by atoms with van der Waals surface area (Å²) < 4.78 is 24.2. The van der Waals surface area contributed by atoms with Crippen LogP contribution in [0.4, 0.5) is 8.78 Å². The van der Waals surface area contributed by atoms with Gasteiger partial charge in [0.05, 0.1) is 0 Å². The van der Waals surface area contributed by atoms with Crippen LogP contribution in [0.2, 0.25) is 0 Å². The molecule has 0 aromatic carbocycles. The van der Waals surface area contributed by atoms with Gasteiger partial charge in [-0.2, -0.15) is 8.78 Å². The molecule has 0 heterocycles. The van der Waals surface area contributed by atoms with Crippen molar-refractivity contribution in [1.29, 1.82) is 0 Å². The molecule has 0 aliphatic heterocycles. The summed E-state index contributed by atoms with van der Waals surface area (Å²) in [6.07, 6.45) is -0.465. The summed E-state index contributed by atoms with van der Waals surface area (Å²) in [6, 6.07) is 0. The van der Waals surface area contributed by atoms with E-state index in [1.165, 1.54) is 18.8 Å². The van der Waals surface area contributed by atoms with E-state index in [0.717, 1.165) is 0 Å². The van der Waals surface area contributed by atoms with E-state index in [-0.39, 0.29) is 0 Å². The predicted octanol–water partition coefficient (Wildman–Crippen LogP) is 1.12. The molecule has 0 atom stereocenters. The predicted molar refractivity (Wildman–Crippen MR) is 30.6 cm³/mol. The summed E-state index contributed by atoms with van der Waals surface area (Å²) in [4.78, 5) is 9.65. The lowest BCUT2D eigenvalue weighted by atomic mass is 10.3. The highest BCUT2D eigenvalue weighted by Gasteiger charge is 2.22. The molecular formula is C6H6F2O2. The average Bonchev–Trinajstić information content (AvgIpc) is 1.85. The quantitative estimate of drug-likeness (QED) is 0.566. The molecule has 56 valence electrons. The molecule has 0 fully saturated rings. The largest absolute Gasteiger partial charge is 0.472 e. The first-order chi connectivity index (χ1) is 4.48. The van der Waals surface area contributed by atoms with Crippen LogP contribution in [0, 0.1) is 11.8 Å². The number of halogens is 2. The van der Waals surface area contributed by atoms with E-state index in [4.69, 9.17) is 5.11 Å². The van der Waals surface area contributed by atoms with Crippen LogP contribution >= 0.6 is 0 Å². The molecule has 0 saturated carbocycles. The Morgan fingerprint density at radius 1 is 1.70 bits per heavy atom. The van der Waals surface area contributed by atoms with E-state index < -0.39 is 18.3 Å². The van der Waals surface area contributed by atoms with Crippen LogP contribution in [-0.2, 0) is 4.79 Å². The number of alkyl halides is 2. The van der Waals surface area contributed by atoms with Crippen molar-refractivity contribution in [2.24, 2.45) is 0 Å². The molecule has 2 nitrogen and oxygen atoms in total. The van der Waals surface area contributed by atoms with E-state index in [2.05, 4.69) is 0 Å². The molecule has 0 saturated heterocycles. The van der Waals surface area contributed by atoms with Gasteiger partial charge in [0.1, 0.15) is 0 Å². The third kappa shape index (κ3) is 3.84. The molecule has 0 bridgehead atoms. The van der Waals surface area contributed by atoms with Gasteiger partial charge in [0, 0.05) is 12.3 Å². The molecule has 0 unspecified atom stereocenters. The highest BCUT2D eigenvalue weighted by Crippen LogP contribution is 2.15. The van der Waals surface area contributed by atoms with E-state index in [1.807, 2.05) is 0 Å². The lowest BCUT2D eigenvalue weighted by Crippen LogP contribution is -2.10. The molecule has 0 aromatic rings. The van der Waals surface area contributed by atoms with Crippen molar-refractivity contribution in [2.45, 2.75) is 19.3 Å². The maximum atomic E-state index is 12.1. The van der Waals surface area contributed by atoms with Crippen LogP contribution in [-0.4, -0.2) is 17.0 Å². The van der Waals surface area contributed by atoms with Crippen LogP contribution in [0.5, 0.6) is 0 Å². The summed E-state index contributed by atoms with van der Waals surface area (Å²) in [5, 5.41) is 7.87. The highest BCUT2D eigenvalue weighted by molar-refractivity contribution is 5.86. The van der Waals surface area contributed by atoms with Crippen molar-refractivity contribution < 1.29 is 18.7 Å². The number of aliphatic carboxylic acids is 1. The molecule has 0 aromatic heterocycles. The Hall–Kier alpha value is -1.11. The van der Waals surface area contributed by atoms with Crippen LogP contribution in [0.15, 0.2) is 0 Å². The maximum absolute atomic E-state index is 12.1. The minimum Gasteiger partial charge on any atom is -0.472 e. The van der Waals surface area contributed by atoms with Gasteiger partial charge >= 0.3 is 11.9 Å². The molecular weight excluding hydrogens is 142 g/mol. The van der Waals surface area contributed by atoms with Gasteiger partial charge in [-0.25, -0.2) is 4.79 Å². The summed E-state index contributed by atoms with van der Waals surface area (Å²) >= 11 is 0. The molecule has 10 heavy (non-hydrogen) atoms. The molecule has 0 aliphatic carbocycles. The third-order valence-corrected chi connectivity index (χ3v) is 0.796. The minimum atomic E-state index is -3.17. The number of hydrogen-bond donors (Lipinski definition) is 1. The topological polar surface area (TPSA) is 37.3 Å². The van der Waals surface area contributed by atoms with Crippen molar-refractivity contribution in [1.82, 2.24) is 0 Å². The Bertz CT molecular complexity index is 188. The van der Waals surface area contributed by atoms with Gasteiger partial charge in [0.25, 0.3) is 0 Å². The van der Waals surface area contributed by atoms with Gasteiger partial charge in [-0.3, -0.25) is 0 Å². The van der Waals surface area contributed by atoms with Crippen molar-refractivity contribution >= 4 is 5.97 Å². The van der Waals surface area contributed by atoms with Gasteiger partial charge < -0.3 is 5.11 Å². The number of carboxylic acid groups (broad SMARTS) is 1. The standard InChI is InChI=1S/C6H6F2O2/c1-2-6(7,8)4-3-5(9)10/h2H2,1H3,(H,9,10). The molecule has 0 radical (unpaired) electrons. The molecule has 4 heteroatoms. The minimum absolute atomic E-state index is 0.465. The van der Waals surface area contributed by atoms with Crippen LogP contribution in [0.1, 0.15) is 13.3 Å². The lowest BCUT2D eigenvalue weighted by Gasteiger charge is -2.01. The second kappa shape index (κ2) is 3.16. The van der Waals surface area contributed by atoms with E-state index >= 15 is 0 Å². The number of hydrogen-bond acceptors (Lipinski definition) is 1. The van der Waals surface area contributed by atoms with Crippen LogP contribution in [0.3, 0.4) is 0 Å². The second-order valence-electron chi connectivity index (χ2n) is 1.61. The SMILES string of the molecule is CCC(F)(F)C#CC(=O)O. The van der Waals surface area contributed by atoms with Crippen molar-refractivity contribution in [3.8, 4) is 11.8 Å². The summed E-state index contributed by atoms with van der Waals surface area (Å²) in [5.74, 6) is -2.02. The normalized spacial score (nSPS) is 9.90. The molecule has 0 amide bonds. The first kappa shape index (κ1) is 8.89. The fourth-order valence-corrected chi connectivity index (χ4v) is 0.233. The van der Waals surface area contributed by atoms with Crippen LogP contribution in [0.25, 0.3) is 0 Å². The maximum Gasteiger partial charge on any atom is 0.382 e. The van der Waals surface area contributed by atoms with Crippen LogP contribution < -0.4 is 0 Å². The zero-order valence-electron chi connectivity index (χ0n) is 5.32. The van der Waals surface area contributed by atoms with Gasteiger partial charge in [-0.15, -0.1) is 0 Å². The third-order valence-electron chi connectivity index (χ3n) is 0.796. The Morgan fingerprint density at radius 3 is 2.50 bits per heavy atom. The summed E-state index contributed by atoms with van der Waals surface area (Å²) in [5.41, 5.74) is 0. The van der Waals surface area contributed by atoms with Crippen molar-refractivity contribution in [3.63, 3.8) is 0 Å². The monoisotopic (exact) mass is 148 g/mol. The summed E-state index contributed by atoms with van der Waals surface area (Å²) in [7, 11) is 0. The van der Waals surface area contributed by atoms with Crippen molar-refractivity contribution in [3.05, 3.63) is 0 Å². The van der Waals surface area contributed by atoms with Gasteiger partial charge in [0.15, 0.2) is 0 Å². The fraction of sp³-hybridized carbons (Fsp3) is 0.500. The Kier molecular flexibility index (Phi) is 2.81. The molecule has 0 spiro atoms. The first-order valence-corrected chi connectivity index (χ1v) is 2.62. The molecule has 1 N–H and O–H groups in total. The number of carboxylic acids is 1. The smallest absolute Gasteiger partial charge is 0.382 e. The van der Waals surface area contributed by atoms with E-state index in [0.29, 0.717) is 0 Å². The van der Waals surface area contributed by atoms with E-state index in [1.54, 1.807) is 0 Å². The van der Waals surface area contributed by atoms with Crippen molar-refractivity contribution in [2.75, 3.05) is 0 Å². The average molecular weight is 148 g/mol. The van der Waals surface area contributed by atoms with Gasteiger partial charge in [0.2, 0.25) is 0 Å². The Morgan fingerprint density at radius 2 is 2.20 bits per heavy atom. The Balaban J connectivity index is 4.15. The lowest BCUT2D eigenvalue weighted by molar-refractivity contribution is -0.130.